The summed E-state index contributed by atoms with van der Waals surface area (Å²) in [5, 5.41) is 1.95. The summed E-state index contributed by atoms with van der Waals surface area (Å²) in [6, 6.07) is 11.1. The molecule has 2 aromatic rings. The first-order valence-corrected chi connectivity index (χ1v) is 9.59. The molecule has 1 atom stereocenters. The van der Waals surface area contributed by atoms with Crippen molar-refractivity contribution in [2.24, 2.45) is 0 Å². The van der Waals surface area contributed by atoms with Gasteiger partial charge >= 0.3 is 0 Å². The highest BCUT2D eigenvalue weighted by molar-refractivity contribution is 7.88. The molecule has 0 saturated heterocycles. The molecule has 114 valence electrons. The molecule has 0 spiro atoms. The van der Waals surface area contributed by atoms with Gasteiger partial charge < -0.3 is 0 Å². The minimum Gasteiger partial charge on any atom is -0.212 e. The molecule has 1 heterocycles. The number of hydrogen-bond donors (Lipinski definition) is 0. The zero-order chi connectivity index (χ0) is 15.5. The molecule has 6 heteroatoms. The van der Waals surface area contributed by atoms with Gasteiger partial charge in [-0.1, -0.05) is 30.3 Å². The van der Waals surface area contributed by atoms with Crippen molar-refractivity contribution in [2.45, 2.75) is 24.6 Å². The van der Waals surface area contributed by atoms with Gasteiger partial charge in [0.05, 0.1) is 11.8 Å². The van der Waals surface area contributed by atoms with Crippen molar-refractivity contribution in [3.05, 3.63) is 57.8 Å². The Morgan fingerprint density at radius 3 is 2.57 bits per heavy atom. The highest BCUT2D eigenvalue weighted by Crippen LogP contribution is 2.26. The molecule has 1 aromatic heterocycles. The van der Waals surface area contributed by atoms with Gasteiger partial charge in [-0.2, -0.15) is 4.31 Å². The SMILES string of the molecule is CC(c1cccs1)N(C)S(=O)(=O)Cc1cccc(CCl)c1. The van der Waals surface area contributed by atoms with Gasteiger partial charge in [0.15, 0.2) is 0 Å². The van der Waals surface area contributed by atoms with Crippen molar-refractivity contribution in [2.75, 3.05) is 7.05 Å². The van der Waals surface area contributed by atoms with E-state index in [0.29, 0.717) is 5.88 Å². The molecule has 0 aliphatic rings. The maximum absolute atomic E-state index is 12.5. The van der Waals surface area contributed by atoms with Crippen molar-refractivity contribution >= 4 is 33.0 Å². The second kappa shape index (κ2) is 6.92. The summed E-state index contributed by atoms with van der Waals surface area (Å²) >= 11 is 7.36. The fraction of sp³-hybridized carbons (Fsp3) is 0.333. The summed E-state index contributed by atoms with van der Waals surface area (Å²) in [5.41, 5.74) is 1.69. The van der Waals surface area contributed by atoms with Gasteiger partial charge in [-0.3, -0.25) is 0 Å². The smallest absolute Gasteiger partial charge is 0.212 e. The van der Waals surface area contributed by atoms with Crippen LogP contribution < -0.4 is 0 Å². The molecule has 0 radical (unpaired) electrons. The Bertz CT molecular complexity index is 683. The molecule has 2 rings (SSSR count). The van der Waals surface area contributed by atoms with Gasteiger partial charge in [-0.05, 0) is 29.5 Å². The van der Waals surface area contributed by atoms with Crippen molar-refractivity contribution < 1.29 is 8.42 Å². The van der Waals surface area contributed by atoms with Crippen LogP contribution in [0.1, 0.15) is 29.0 Å². The molecule has 1 aromatic carbocycles. The third-order valence-electron chi connectivity index (χ3n) is 3.43. The van der Waals surface area contributed by atoms with Crippen LogP contribution in [0.2, 0.25) is 0 Å². The maximum Gasteiger partial charge on any atom is 0.218 e. The standard InChI is InChI=1S/C15H18ClNO2S2/c1-12(15-7-4-8-20-15)17(2)21(18,19)11-14-6-3-5-13(9-14)10-16/h3-9,12H,10-11H2,1-2H3. The zero-order valence-corrected chi connectivity index (χ0v) is 14.4. The van der Waals surface area contributed by atoms with E-state index in [1.54, 1.807) is 18.4 Å². The number of halogens is 1. The third kappa shape index (κ3) is 4.07. The summed E-state index contributed by atoms with van der Waals surface area (Å²) in [6.45, 7) is 1.90. The molecule has 0 aliphatic heterocycles. The minimum atomic E-state index is -3.37. The summed E-state index contributed by atoms with van der Waals surface area (Å²) in [5.74, 6) is 0.374. The van der Waals surface area contributed by atoms with Gasteiger partial charge in [0.2, 0.25) is 10.0 Å². The molecule has 0 saturated carbocycles. The predicted molar refractivity (Wildman–Crippen MR) is 89.1 cm³/mol. The van der Waals surface area contributed by atoms with Crippen LogP contribution in [0.4, 0.5) is 0 Å². The Morgan fingerprint density at radius 2 is 1.95 bits per heavy atom. The Kier molecular flexibility index (Phi) is 5.43. The zero-order valence-electron chi connectivity index (χ0n) is 12.0. The fourth-order valence-corrected chi connectivity index (χ4v) is 4.52. The van der Waals surface area contributed by atoms with Crippen molar-refractivity contribution in [3.63, 3.8) is 0 Å². The predicted octanol–water partition coefficient (Wildman–Crippen LogP) is 4.01. The van der Waals surface area contributed by atoms with Crippen LogP contribution in [-0.4, -0.2) is 19.8 Å². The Hall–Kier alpha value is -0.880. The fourth-order valence-electron chi connectivity index (χ4n) is 2.06. The first kappa shape index (κ1) is 16.5. The molecule has 1 unspecified atom stereocenters. The molecular weight excluding hydrogens is 326 g/mol. The van der Waals surface area contributed by atoms with Crippen LogP contribution in [-0.2, 0) is 21.7 Å². The number of nitrogens with zero attached hydrogens (tertiary/aromatic N) is 1. The molecule has 0 aliphatic carbocycles. The van der Waals surface area contributed by atoms with E-state index in [1.165, 1.54) is 4.31 Å². The molecule has 0 fully saturated rings. The third-order valence-corrected chi connectivity index (χ3v) is 6.68. The van der Waals surface area contributed by atoms with Gasteiger partial charge in [-0.15, -0.1) is 22.9 Å². The van der Waals surface area contributed by atoms with E-state index in [2.05, 4.69) is 0 Å². The van der Waals surface area contributed by atoms with E-state index in [4.69, 9.17) is 11.6 Å². The monoisotopic (exact) mass is 343 g/mol. The minimum absolute atomic E-state index is 0.00998. The summed E-state index contributed by atoms with van der Waals surface area (Å²) in [4.78, 5) is 1.04. The van der Waals surface area contributed by atoms with E-state index in [0.717, 1.165) is 16.0 Å². The second-order valence-corrected chi connectivity index (χ2v) is 8.19. The molecule has 3 nitrogen and oxygen atoms in total. The first-order valence-electron chi connectivity index (χ1n) is 6.57. The van der Waals surface area contributed by atoms with Crippen molar-refractivity contribution in [3.8, 4) is 0 Å². The molecular formula is C15H18ClNO2S2. The number of rotatable bonds is 6. The second-order valence-electron chi connectivity index (χ2n) is 4.92. The van der Waals surface area contributed by atoms with Gasteiger partial charge in [0, 0.05) is 17.8 Å². The van der Waals surface area contributed by atoms with E-state index in [9.17, 15) is 8.42 Å². The Morgan fingerprint density at radius 1 is 1.24 bits per heavy atom. The van der Waals surface area contributed by atoms with E-state index >= 15 is 0 Å². The number of alkyl halides is 1. The van der Waals surface area contributed by atoms with Crippen LogP contribution >= 0.6 is 22.9 Å². The number of sulfonamides is 1. The Labute approximate surface area is 135 Å². The molecule has 0 bridgehead atoms. The lowest BCUT2D eigenvalue weighted by Gasteiger charge is -2.23. The lowest BCUT2D eigenvalue weighted by Crippen LogP contribution is -2.30. The summed E-state index contributed by atoms with van der Waals surface area (Å²) < 4.78 is 26.5. The topological polar surface area (TPSA) is 37.4 Å². The highest BCUT2D eigenvalue weighted by atomic mass is 35.5. The number of thiophene rings is 1. The van der Waals surface area contributed by atoms with Gasteiger partial charge in [0.25, 0.3) is 0 Å². The highest BCUT2D eigenvalue weighted by Gasteiger charge is 2.25. The molecule has 0 amide bonds. The average molecular weight is 344 g/mol. The summed E-state index contributed by atoms with van der Waals surface area (Å²) in [6.07, 6.45) is 0. The van der Waals surface area contributed by atoms with Crippen LogP contribution in [0.5, 0.6) is 0 Å². The van der Waals surface area contributed by atoms with Crippen LogP contribution in [0.15, 0.2) is 41.8 Å². The van der Waals surface area contributed by atoms with Gasteiger partial charge in [0.1, 0.15) is 0 Å². The first-order chi connectivity index (χ1) is 9.94. The van der Waals surface area contributed by atoms with E-state index in [1.807, 2.05) is 48.7 Å². The number of hydrogen-bond acceptors (Lipinski definition) is 3. The van der Waals surface area contributed by atoms with E-state index < -0.39 is 10.0 Å². The van der Waals surface area contributed by atoms with Crippen molar-refractivity contribution in [1.29, 1.82) is 0 Å². The van der Waals surface area contributed by atoms with Crippen LogP contribution in [0.25, 0.3) is 0 Å². The molecule has 21 heavy (non-hydrogen) atoms. The summed E-state index contributed by atoms with van der Waals surface area (Å²) in [7, 11) is -1.74. The largest absolute Gasteiger partial charge is 0.218 e. The quantitative estimate of drug-likeness (QED) is 0.743. The van der Waals surface area contributed by atoms with Crippen molar-refractivity contribution in [1.82, 2.24) is 4.31 Å². The normalized spacial score (nSPS) is 13.5. The number of benzene rings is 1. The van der Waals surface area contributed by atoms with Crippen LogP contribution in [0, 0.1) is 0 Å². The van der Waals surface area contributed by atoms with Gasteiger partial charge in [-0.25, -0.2) is 8.42 Å². The average Bonchev–Trinajstić information content (AvgIpc) is 2.99. The van der Waals surface area contributed by atoms with Crippen LogP contribution in [0.3, 0.4) is 0 Å². The van der Waals surface area contributed by atoms with E-state index in [-0.39, 0.29) is 11.8 Å². The maximum atomic E-state index is 12.5. The lowest BCUT2D eigenvalue weighted by atomic mass is 10.2. The Balaban J connectivity index is 2.17. The molecule has 0 N–H and O–H groups in total. The lowest BCUT2D eigenvalue weighted by molar-refractivity contribution is 0.402.